The molecule has 1 aliphatic carbocycles. The molecular formula is C18H24N6O2. The molecule has 0 radical (unpaired) electrons. The first-order valence-corrected chi connectivity index (χ1v) is 8.69. The maximum atomic E-state index is 12.1. The lowest BCUT2D eigenvalue weighted by Crippen LogP contribution is -2.47. The zero-order chi connectivity index (χ0) is 18.5. The number of hydrogen-bond donors (Lipinski definition) is 4. The van der Waals surface area contributed by atoms with E-state index in [1.54, 1.807) is 12.3 Å². The van der Waals surface area contributed by atoms with Crippen LogP contribution in [0, 0.1) is 0 Å². The minimum Gasteiger partial charge on any atom is -0.328 e. The molecule has 1 aromatic heterocycles. The van der Waals surface area contributed by atoms with Crippen LogP contribution in [-0.4, -0.2) is 34.1 Å². The Morgan fingerprint density at radius 2 is 1.81 bits per heavy atom. The molecule has 1 aliphatic rings. The summed E-state index contributed by atoms with van der Waals surface area (Å²) in [5.74, 6) is 0.228. The standard InChI is InChI=1S/C18H24N6O2/c19-13-7-14(20)9-15(8-13)21-10-12-1-3-16(4-2-12)24-6-5-17(22-11-25)23-18(24)26/h1-6,11,13-15,21H,7-10,19-20H2,(H,22,23,25,26)/t13-,14+,15?. The summed E-state index contributed by atoms with van der Waals surface area (Å²) in [4.78, 5) is 26.3. The molecule has 8 nitrogen and oxygen atoms in total. The van der Waals surface area contributed by atoms with Gasteiger partial charge in [-0.15, -0.1) is 0 Å². The van der Waals surface area contributed by atoms with Gasteiger partial charge in [-0.3, -0.25) is 9.36 Å². The Balaban J connectivity index is 1.63. The Morgan fingerprint density at radius 3 is 2.42 bits per heavy atom. The largest absolute Gasteiger partial charge is 0.354 e. The Morgan fingerprint density at radius 1 is 1.12 bits per heavy atom. The van der Waals surface area contributed by atoms with Gasteiger partial charge in [0.1, 0.15) is 5.82 Å². The highest BCUT2D eigenvalue weighted by Gasteiger charge is 2.23. The fourth-order valence-electron chi connectivity index (χ4n) is 3.35. The van der Waals surface area contributed by atoms with Gasteiger partial charge in [0, 0.05) is 30.9 Å². The first-order valence-electron chi connectivity index (χ1n) is 8.69. The third-order valence-corrected chi connectivity index (χ3v) is 4.60. The van der Waals surface area contributed by atoms with Gasteiger partial charge in [0.15, 0.2) is 0 Å². The molecule has 1 unspecified atom stereocenters. The van der Waals surface area contributed by atoms with Crippen LogP contribution in [0.4, 0.5) is 5.82 Å². The van der Waals surface area contributed by atoms with Crippen LogP contribution in [0.15, 0.2) is 41.3 Å². The van der Waals surface area contributed by atoms with E-state index in [0.717, 1.165) is 31.4 Å². The van der Waals surface area contributed by atoms with Crippen LogP contribution in [0.5, 0.6) is 0 Å². The van der Waals surface area contributed by atoms with Crippen LogP contribution >= 0.6 is 0 Å². The van der Waals surface area contributed by atoms with E-state index in [-0.39, 0.29) is 17.9 Å². The van der Waals surface area contributed by atoms with Gasteiger partial charge in [-0.2, -0.15) is 4.98 Å². The summed E-state index contributed by atoms with van der Waals surface area (Å²) < 4.78 is 1.42. The van der Waals surface area contributed by atoms with E-state index in [4.69, 9.17) is 11.5 Å². The number of carbonyl (C=O) groups is 1. The van der Waals surface area contributed by atoms with E-state index in [1.165, 1.54) is 4.57 Å². The van der Waals surface area contributed by atoms with Gasteiger partial charge in [0.25, 0.3) is 0 Å². The number of rotatable bonds is 6. The second kappa shape index (κ2) is 8.22. The summed E-state index contributed by atoms with van der Waals surface area (Å²) in [6.45, 7) is 0.722. The SMILES string of the molecule is N[C@@H]1CC(NCc2ccc(-n3ccc(NC=O)nc3=O)cc2)C[C@H](N)C1. The molecule has 2 aromatic rings. The molecule has 1 amide bonds. The molecule has 3 rings (SSSR count). The van der Waals surface area contributed by atoms with E-state index < -0.39 is 5.69 Å². The molecule has 1 fully saturated rings. The predicted octanol–water partition coefficient (Wildman–Crippen LogP) is 0.0975. The number of nitrogens with one attached hydrogen (secondary N) is 2. The van der Waals surface area contributed by atoms with Crippen molar-refractivity contribution in [3.8, 4) is 5.69 Å². The second-order valence-electron chi connectivity index (χ2n) is 6.70. The number of nitrogens with two attached hydrogens (primary N) is 2. The molecule has 0 aliphatic heterocycles. The summed E-state index contributed by atoms with van der Waals surface area (Å²) in [6, 6.07) is 9.89. The number of amides is 1. The van der Waals surface area contributed by atoms with Crippen molar-refractivity contribution in [3.05, 3.63) is 52.6 Å². The molecule has 138 valence electrons. The predicted molar refractivity (Wildman–Crippen MR) is 100.0 cm³/mol. The second-order valence-corrected chi connectivity index (χ2v) is 6.70. The van der Waals surface area contributed by atoms with Crippen LogP contribution in [0.3, 0.4) is 0 Å². The van der Waals surface area contributed by atoms with Gasteiger partial charge in [-0.25, -0.2) is 4.79 Å². The number of anilines is 1. The molecule has 3 atom stereocenters. The Hall–Kier alpha value is -2.55. The van der Waals surface area contributed by atoms with Crippen LogP contribution in [0.25, 0.3) is 5.69 Å². The van der Waals surface area contributed by atoms with Crippen molar-refractivity contribution in [2.75, 3.05) is 5.32 Å². The van der Waals surface area contributed by atoms with Gasteiger partial charge >= 0.3 is 5.69 Å². The van der Waals surface area contributed by atoms with Crippen molar-refractivity contribution >= 4 is 12.2 Å². The zero-order valence-corrected chi connectivity index (χ0v) is 14.5. The van der Waals surface area contributed by atoms with Crippen molar-refractivity contribution < 1.29 is 4.79 Å². The van der Waals surface area contributed by atoms with Gasteiger partial charge in [0.05, 0.1) is 5.69 Å². The first-order chi connectivity index (χ1) is 12.5. The summed E-state index contributed by atoms with van der Waals surface area (Å²) >= 11 is 0. The van der Waals surface area contributed by atoms with Crippen LogP contribution in [-0.2, 0) is 11.3 Å². The van der Waals surface area contributed by atoms with Crippen molar-refractivity contribution in [2.45, 2.75) is 43.9 Å². The number of nitrogens with zero attached hydrogens (tertiary/aromatic N) is 2. The van der Waals surface area contributed by atoms with E-state index >= 15 is 0 Å². The average molecular weight is 356 g/mol. The summed E-state index contributed by atoms with van der Waals surface area (Å²) in [6.07, 6.45) is 4.83. The Kier molecular flexibility index (Phi) is 5.77. The maximum absolute atomic E-state index is 12.1. The quantitative estimate of drug-likeness (QED) is 0.544. The van der Waals surface area contributed by atoms with E-state index in [2.05, 4.69) is 15.6 Å². The highest BCUT2D eigenvalue weighted by atomic mass is 16.1. The molecule has 0 bridgehead atoms. The van der Waals surface area contributed by atoms with Gasteiger partial charge in [-0.05, 0) is 43.0 Å². The third-order valence-electron chi connectivity index (χ3n) is 4.60. The van der Waals surface area contributed by atoms with Crippen molar-refractivity contribution in [2.24, 2.45) is 11.5 Å². The molecular weight excluding hydrogens is 332 g/mol. The third kappa shape index (κ3) is 4.54. The summed E-state index contributed by atoms with van der Waals surface area (Å²) in [5.41, 5.74) is 13.4. The van der Waals surface area contributed by atoms with E-state index in [1.807, 2.05) is 24.3 Å². The first kappa shape index (κ1) is 18.2. The highest BCUT2D eigenvalue weighted by molar-refractivity contribution is 5.68. The molecule has 26 heavy (non-hydrogen) atoms. The van der Waals surface area contributed by atoms with Gasteiger partial charge in [-0.1, -0.05) is 12.1 Å². The van der Waals surface area contributed by atoms with Crippen molar-refractivity contribution in [1.29, 1.82) is 0 Å². The number of benzene rings is 1. The zero-order valence-electron chi connectivity index (χ0n) is 14.5. The molecule has 6 N–H and O–H groups in total. The van der Waals surface area contributed by atoms with E-state index in [0.29, 0.717) is 18.1 Å². The lowest BCUT2D eigenvalue weighted by molar-refractivity contribution is -0.105. The fraction of sp³-hybridized carbons (Fsp3) is 0.389. The van der Waals surface area contributed by atoms with Crippen LogP contribution in [0.1, 0.15) is 24.8 Å². The van der Waals surface area contributed by atoms with Gasteiger partial charge < -0.3 is 22.1 Å². The minimum absolute atomic E-state index is 0.162. The molecule has 1 heterocycles. The smallest absolute Gasteiger partial charge is 0.328 e. The fourth-order valence-corrected chi connectivity index (χ4v) is 3.35. The van der Waals surface area contributed by atoms with E-state index in [9.17, 15) is 9.59 Å². The normalized spacial score (nSPS) is 22.8. The number of carbonyl (C=O) groups excluding carboxylic acids is 1. The van der Waals surface area contributed by atoms with Crippen molar-refractivity contribution in [1.82, 2.24) is 14.9 Å². The lowest BCUT2D eigenvalue weighted by Gasteiger charge is -2.31. The van der Waals surface area contributed by atoms with Crippen molar-refractivity contribution in [3.63, 3.8) is 0 Å². The number of aromatic nitrogens is 2. The molecule has 0 spiro atoms. The molecule has 1 aromatic carbocycles. The Bertz CT molecular complexity index is 794. The highest BCUT2D eigenvalue weighted by Crippen LogP contribution is 2.17. The van der Waals surface area contributed by atoms with Crippen LogP contribution < -0.4 is 27.8 Å². The topological polar surface area (TPSA) is 128 Å². The minimum atomic E-state index is -0.451. The molecule has 1 saturated carbocycles. The van der Waals surface area contributed by atoms with Gasteiger partial charge in [0.2, 0.25) is 6.41 Å². The maximum Gasteiger partial charge on any atom is 0.354 e. The van der Waals surface area contributed by atoms with Crippen LogP contribution in [0.2, 0.25) is 0 Å². The molecule has 0 saturated heterocycles. The summed E-state index contributed by atoms with van der Waals surface area (Å²) in [5, 5.41) is 5.87. The number of hydrogen-bond acceptors (Lipinski definition) is 6. The monoisotopic (exact) mass is 356 g/mol. The molecule has 8 heteroatoms. The lowest BCUT2D eigenvalue weighted by atomic mass is 9.88. The summed E-state index contributed by atoms with van der Waals surface area (Å²) in [7, 11) is 0. The average Bonchev–Trinajstić information content (AvgIpc) is 2.60. The Labute approximate surface area is 151 Å².